The number of nitrogens with zero attached hydrogens (tertiary/aromatic N) is 2. The highest BCUT2D eigenvalue weighted by Gasteiger charge is 2.52. The Morgan fingerprint density at radius 2 is 2.00 bits per heavy atom. The number of para-hydroxylation sites is 1. The maximum absolute atomic E-state index is 14.6. The number of nitrogens with one attached hydrogen (secondary N) is 1. The molecule has 30 heavy (non-hydrogen) atoms. The molecule has 1 atom stereocenters. The normalized spacial score (nSPS) is 23.8. The van der Waals surface area contributed by atoms with Gasteiger partial charge in [-0.05, 0) is 50.2 Å². The van der Waals surface area contributed by atoms with Crippen LogP contribution >= 0.6 is 11.8 Å². The van der Waals surface area contributed by atoms with E-state index in [0.29, 0.717) is 23.8 Å². The van der Waals surface area contributed by atoms with Gasteiger partial charge in [-0.3, -0.25) is 4.79 Å². The van der Waals surface area contributed by atoms with Crippen LogP contribution in [0.5, 0.6) is 5.75 Å². The number of hydrogen-bond donors (Lipinski definition) is 1. The van der Waals surface area contributed by atoms with Crippen molar-refractivity contribution in [1.29, 1.82) is 0 Å². The van der Waals surface area contributed by atoms with Crippen LogP contribution in [0.3, 0.4) is 0 Å². The Morgan fingerprint density at radius 3 is 2.83 bits per heavy atom. The minimum Gasteiger partial charge on any atom is -0.493 e. The van der Waals surface area contributed by atoms with Crippen molar-refractivity contribution in [2.24, 2.45) is 11.0 Å². The van der Waals surface area contributed by atoms with Crippen LogP contribution in [0.2, 0.25) is 0 Å². The maximum Gasteiger partial charge on any atom is 0.247 e. The Labute approximate surface area is 177 Å². The van der Waals surface area contributed by atoms with Crippen molar-refractivity contribution in [2.75, 3.05) is 19.7 Å². The van der Waals surface area contributed by atoms with Gasteiger partial charge >= 0.3 is 0 Å². The monoisotopic (exact) mass is 429 g/mol. The van der Waals surface area contributed by atoms with E-state index in [2.05, 4.69) is 10.4 Å². The van der Waals surface area contributed by atoms with Gasteiger partial charge < -0.3 is 10.1 Å². The highest BCUT2D eigenvalue weighted by molar-refractivity contribution is 8.15. The Balaban J connectivity index is 1.62. The lowest BCUT2D eigenvalue weighted by molar-refractivity contribution is -0.140. The summed E-state index contributed by atoms with van der Waals surface area (Å²) in [5, 5.41) is 9.70. The number of fused-ring (bicyclic) bond motifs is 2. The molecule has 1 saturated heterocycles. The first-order chi connectivity index (χ1) is 14.6. The van der Waals surface area contributed by atoms with E-state index < -0.39 is 16.5 Å². The molecule has 1 amide bonds. The van der Waals surface area contributed by atoms with Gasteiger partial charge in [0.2, 0.25) is 5.91 Å². The first kappa shape index (κ1) is 19.5. The van der Waals surface area contributed by atoms with Gasteiger partial charge in [0.15, 0.2) is 0 Å². The lowest BCUT2D eigenvalue weighted by Gasteiger charge is -2.41. The minimum atomic E-state index is -0.828. The number of carbonyl (C=O) groups is 1. The smallest absolute Gasteiger partial charge is 0.247 e. The zero-order valence-electron chi connectivity index (χ0n) is 16.2. The summed E-state index contributed by atoms with van der Waals surface area (Å²) in [6.07, 6.45) is 1.97. The van der Waals surface area contributed by atoms with Crippen LogP contribution in [0.25, 0.3) is 0 Å². The quantitative estimate of drug-likeness (QED) is 0.788. The van der Waals surface area contributed by atoms with Gasteiger partial charge in [0.1, 0.15) is 27.3 Å². The number of benzene rings is 2. The largest absolute Gasteiger partial charge is 0.493 e. The van der Waals surface area contributed by atoms with E-state index in [0.717, 1.165) is 49.7 Å². The molecule has 0 radical (unpaired) electrons. The van der Waals surface area contributed by atoms with Crippen LogP contribution in [-0.4, -0.2) is 35.7 Å². The average molecular weight is 429 g/mol. The van der Waals surface area contributed by atoms with E-state index in [1.807, 2.05) is 24.3 Å². The van der Waals surface area contributed by atoms with E-state index in [-0.39, 0.29) is 17.4 Å². The zero-order chi connectivity index (χ0) is 20.7. The molecule has 2 aromatic carbocycles. The fourth-order valence-electron chi connectivity index (χ4n) is 4.31. The Hall–Kier alpha value is -2.45. The van der Waals surface area contributed by atoms with Gasteiger partial charge in [-0.25, -0.2) is 13.8 Å². The summed E-state index contributed by atoms with van der Waals surface area (Å²) < 4.78 is 34.3. The number of amides is 1. The lowest BCUT2D eigenvalue weighted by Crippen LogP contribution is -2.48. The molecule has 8 heteroatoms. The lowest BCUT2D eigenvalue weighted by atomic mass is 9.94. The van der Waals surface area contributed by atoms with Gasteiger partial charge in [-0.15, -0.1) is 0 Å². The number of rotatable bonds is 2. The number of carbonyl (C=O) groups excluding carboxylic acids is 1. The van der Waals surface area contributed by atoms with Crippen molar-refractivity contribution in [2.45, 2.75) is 24.1 Å². The Morgan fingerprint density at radius 1 is 1.20 bits per heavy atom. The number of hydrogen-bond acceptors (Lipinski definition) is 5. The molecule has 3 aliphatic rings. The van der Waals surface area contributed by atoms with E-state index in [4.69, 9.17) is 4.74 Å². The van der Waals surface area contributed by atoms with Gasteiger partial charge in [0.05, 0.1) is 6.61 Å². The molecule has 3 aliphatic heterocycles. The van der Waals surface area contributed by atoms with E-state index in [1.165, 1.54) is 16.8 Å². The third kappa shape index (κ3) is 3.18. The van der Waals surface area contributed by atoms with Crippen LogP contribution in [-0.2, 0) is 9.67 Å². The van der Waals surface area contributed by atoms with Crippen molar-refractivity contribution in [1.82, 2.24) is 10.3 Å². The first-order valence-corrected chi connectivity index (χ1v) is 10.9. The molecule has 1 fully saturated rings. The SMILES string of the molecule is O=C(C1CCNCC1)N1N=C(c2cc(F)ccc2F)SC12CCOc1ccccc12. The van der Waals surface area contributed by atoms with Crippen LogP contribution in [0, 0.1) is 17.6 Å². The van der Waals surface area contributed by atoms with Crippen molar-refractivity contribution >= 4 is 22.7 Å². The molecule has 156 valence electrons. The topological polar surface area (TPSA) is 53.9 Å². The van der Waals surface area contributed by atoms with Crippen molar-refractivity contribution in [3.63, 3.8) is 0 Å². The third-order valence-corrected chi connectivity index (χ3v) is 7.29. The summed E-state index contributed by atoms with van der Waals surface area (Å²) in [7, 11) is 0. The summed E-state index contributed by atoms with van der Waals surface area (Å²) in [4.78, 5) is 12.8. The third-order valence-electron chi connectivity index (χ3n) is 5.86. The van der Waals surface area contributed by atoms with Crippen LogP contribution < -0.4 is 10.1 Å². The molecule has 0 bridgehead atoms. The highest BCUT2D eigenvalue weighted by Crippen LogP contribution is 2.54. The first-order valence-electron chi connectivity index (χ1n) is 10.1. The van der Waals surface area contributed by atoms with Crippen molar-refractivity contribution in [3.05, 3.63) is 65.2 Å². The van der Waals surface area contributed by atoms with Gasteiger partial charge in [-0.1, -0.05) is 30.0 Å². The second kappa shape index (κ2) is 7.67. The molecule has 5 rings (SSSR count). The predicted molar refractivity (Wildman–Crippen MR) is 111 cm³/mol. The Kier molecular flexibility index (Phi) is 4.99. The second-order valence-electron chi connectivity index (χ2n) is 7.68. The molecule has 3 heterocycles. The molecule has 1 unspecified atom stereocenters. The van der Waals surface area contributed by atoms with Crippen LogP contribution in [0.1, 0.15) is 30.4 Å². The van der Waals surface area contributed by atoms with E-state index >= 15 is 0 Å². The molecule has 1 N–H and O–H groups in total. The summed E-state index contributed by atoms with van der Waals surface area (Å²) in [5.41, 5.74) is 0.906. The minimum absolute atomic E-state index is 0.0731. The molecule has 1 spiro atoms. The highest BCUT2D eigenvalue weighted by atomic mass is 32.2. The van der Waals surface area contributed by atoms with Crippen LogP contribution in [0.15, 0.2) is 47.6 Å². The Bertz CT molecular complexity index is 1030. The summed E-state index contributed by atoms with van der Waals surface area (Å²) in [6, 6.07) is 10.9. The summed E-state index contributed by atoms with van der Waals surface area (Å²) in [6.45, 7) is 1.97. The van der Waals surface area contributed by atoms with Crippen molar-refractivity contribution < 1.29 is 18.3 Å². The standard InChI is InChI=1S/C22H21F2N3O2S/c23-15-5-6-18(24)16(13-15)20-26-27(21(28)14-7-10-25-11-8-14)22(30-20)9-12-29-19-4-2-1-3-17(19)22/h1-6,13-14,25H,7-12H2. The number of piperidine rings is 1. The van der Waals surface area contributed by atoms with Crippen molar-refractivity contribution in [3.8, 4) is 5.75 Å². The van der Waals surface area contributed by atoms with E-state index in [1.54, 1.807) is 0 Å². The number of hydrazone groups is 1. The van der Waals surface area contributed by atoms with Gasteiger partial charge in [0.25, 0.3) is 0 Å². The maximum atomic E-state index is 14.6. The number of thioether (sulfide) groups is 1. The van der Waals surface area contributed by atoms with Gasteiger partial charge in [0, 0.05) is 23.5 Å². The average Bonchev–Trinajstić information content (AvgIpc) is 3.15. The summed E-state index contributed by atoms with van der Waals surface area (Å²) in [5.74, 6) is -0.643. The molecule has 5 nitrogen and oxygen atoms in total. The van der Waals surface area contributed by atoms with E-state index in [9.17, 15) is 13.6 Å². The van der Waals surface area contributed by atoms with Gasteiger partial charge in [-0.2, -0.15) is 5.10 Å². The zero-order valence-corrected chi connectivity index (χ0v) is 17.1. The fraction of sp³-hybridized carbons (Fsp3) is 0.364. The second-order valence-corrected chi connectivity index (χ2v) is 8.95. The molecule has 0 aliphatic carbocycles. The predicted octanol–water partition coefficient (Wildman–Crippen LogP) is 3.84. The molecule has 0 saturated carbocycles. The van der Waals surface area contributed by atoms with Crippen LogP contribution in [0.4, 0.5) is 8.78 Å². The molecule has 2 aromatic rings. The number of ether oxygens (including phenoxy) is 1. The fourth-order valence-corrected chi connectivity index (χ4v) is 5.70. The summed E-state index contributed by atoms with van der Waals surface area (Å²) >= 11 is 1.31. The molecule has 0 aromatic heterocycles. The molecular formula is C22H21F2N3O2S. The molecular weight excluding hydrogens is 408 g/mol. The number of halogens is 2.